The molecule has 1 fully saturated rings. The zero-order chi connectivity index (χ0) is 12.9. The molecule has 0 aromatic heterocycles. The number of hydrogen-bond acceptors (Lipinski definition) is 3. The minimum absolute atomic E-state index is 0.193. The summed E-state index contributed by atoms with van der Waals surface area (Å²) in [6.07, 6.45) is 5.00. The van der Waals surface area contributed by atoms with Crippen LogP contribution in [0.25, 0.3) is 0 Å². The molecule has 0 saturated carbocycles. The van der Waals surface area contributed by atoms with E-state index in [2.05, 4.69) is 11.9 Å². The van der Waals surface area contributed by atoms with Crippen molar-refractivity contribution in [3.63, 3.8) is 0 Å². The number of rotatable bonds is 6. The van der Waals surface area contributed by atoms with Gasteiger partial charge in [0, 0.05) is 18.6 Å². The summed E-state index contributed by atoms with van der Waals surface area (Å²) in [6.45, 7) is 6.93. The molecule has 1 aliphatic rings. The monoisotopic (exact) mass is 241 g/mol. The lowest BCUT2D eigenvalue weighted by molar-refractivity contribution is -0.00224. The van der Waals surface area contributed by atoms with Crippen LogP contribution >= 0.6 is 0 Å². The molecule has 17 heavy (non-hydrogen) atoms. The Morgan fingerprint density at radius 1 is 1.47 bits per heavy atom. The topological polar surface area (TPSA) is 62.3 Å². The van der Waals surface area contributed by atoms with Crippen LogP contribution in [-0.4, -0.2) is 43.6 Å². The maximum absolute atomic E-state index is 7.53. The van der Waals surface area contributed by atoms with Crippen LogP contribution in [0.2, 0.25) is 0 Å². The maximum atomic E-state index is 7.53. The van der Waals surface area contributed by atoms with Crippen molar-refractivity contribution in [2.45, 2.75) is 45.6 Å². The molecule has 4 heteroatoms. The number of nitrogens with zero attached hydrogens (tertiary/aromatic N) is 1. The minimum Gasteiger partial charge on any atom is -0.387 e. The molecule has 3 N–H and O–H groups in total. The molecule has 1 atom stereocenters. The predicted octanol–water partition coefficient (Wildman–Crippen LogP) is 1.84. The number of ether oxygens (including phenoxy) is 1. The van der Waals surface area contributed by atoms with E-state index in [9.17, 15) is 0 Å². The van der Waals surface area contributed by atoms with Gasteiger partial charge in [-0.1, -0.05) is 13.8 Å². The van der Waals surface area contributed by atoms with E-state index >= 15 is 0 Å². The largest absolute Gasteiger partial charge is 0.387 e. The Bertz CT molecular complexity index is 247. The molecular weight excluding hydrogens is 214 g/mol. The van der Waals surface area contributed by atoms with Gasteiger partial charge in [0.25, 0.3) is 0 Å². The van der Waals surface area contributed by atoms with Gasteiger partial charge in [-0.3, -0.25) is 5.41 Å². The molecule has 1 aliphatic heterocycles. The molecule has 0 bridgehead atoms. The lowest BCUT2D eigenvalue weighted by Gasteiger charge is -2.30. The highest BCUT2D eigenvalue weighted by molar-refractivity contribution is 5.82. The predicted molar refractivity (Wildman–Crippen MR) is 71.4 cm³/mol. The van der Waals surface area contributed by atoms with E-state index in [0.717, 1.165) is 26.1 Å². The fraction of sp³-hybridized carbons (Fsp3) is 0.923. The van der Waals surface area contributed by atoms with Gasteiger partial charge in [-0.25, -0.2) is 0 Å². The Morgan fingerprint density at radius 2 is 2.18 bits per heavy atom. The minimum atomic E-state index is -0.193. The quantitative estimate of drug-likeness (QED) is 0.551. The second-order valence-electron chi connectivity index (χ2n) is 5.80. The van der Waals surface area contributed by atoms with Gasteiger partial charge in [0.1, 0.15) is 0 Å². The summed E-state index contributed by atoms with van der Waals surface area (Å²) >= 11 is 0. The average molecular weight is 241 g/mol. The average Bonchev–Trinajstić information content (AvgIpc) is 2.28. The first kappa shape index (κ1) is 14.5. The standard InChI is InChI=1S/C13H27N3O/c1-13(2,12(14)15)7-8-16(3)10-11-6-4-5-9-17-11/h11H,4-10H2,1-3H3,(H3,14,15). The molecule has 1 heterocycles. The Labute approximate surface area is 105 Å². The van der Waals surface area contributed by atoms with E-state index in [4.69, 9.17) is 15.9 Å². The normalized spacial score (nSPS) is 21.8. The summed E-state index contributed by atoms with van der Waals surface area (Å²) in [5, 5.41) is 7.53. The van der Waals surface area contributed by atoms with Crippen LogP contribution in [0.4, 0.5) is 0 Å². The molecule has 1 unspecified atom stereocenters. The fourth-order valence-electron chi connectivity index (χ4n) is 2.00. The molecule has 0 aromatic carbocycles. The molecule has 0 amide bonds. The van der Waals surface area contributed by atoms with Gasteiger partial charge in [0.15, 0.2) is 0 Å². The molecule has 1 saturated heterocycles. The Morgan fingerprint density at radius 3 is 2.71 bits per heavy atom. The first-order valence-electron chi connectivity index (χ1n) is 6.56. The summed E-state index contributed by atoms with van der Waals surface area (Å²) < 4.78 is 5.72. The highest BCUT2D eigenvalue weighted by atomic mass is 16.5. The van der Waals surface area contributed by atoms with E-state index in [-0.39, 0.29) is 11.3 Å². The van der Waals surface area contributed by atoms with E-state index in [0.29, 0.717) is 6.10 Å². The second-order valence-corrected chi connectivity index (χ2v) is 5.80. The van der Waals surface area contributed by atoms with Crippen molar-refractivity contribution in [1.82, 2.24) is 4.90 Å². The Kier molecular flexibility index (Phi) is 5.40. The van der Waals surface area contributed by atoms with Gasteiger partial charge in [0.05, 0.1) is 11.9 Å². The molecule has 4 nitrogen and oxygen atoms in total. The van der Waals surface area contributed by atoms with Crippen LogP contribution in [-0.2, 0) is 4.74 Å². The molecule has 0 aliphatic carbocycles. The number of hydrogen-bond donors (Lipinski definition) is 2. The molecule has 0 radical (unpaired) electrons. The lowest BCUT2D eigenvalue weighted by Crippen LogP contribution is -2.38. The first-order chi connectivity index (χ1) is 7.92. The summed E-state index contributed by atoms with van der Waals surface area (Å²) in [7, 11) is 2.12. The van der Waals surface area contributed by atoms with Crippen LogP contribution in [0.5, 0.6) is 0 Å². The maximum Gasteiger partial charge on any atom is 0.0963 e. The van der Waals surface area contributed by atoms with Gasteiger partial charge in [-0.2, -0.15) is 0 Å². The van der Waals surface area contributed by atoms with E-state index in [1.54, 1.807) is 0 Å². The Hall–Kier alpha value is -0.610. The third-order valence-corrected chi connectivity index (χ3v) is 3.64. The smallest absolute Gasteiger partial charge is 0.0963 e. The molecular formula is C13H27N3O. The van der Waals surface area contributed by atoms with Crippen LogP contribution in [0.1, 0.15) is 39.5 Å². The van der Waals surface area contributed by atoms with Gasteiger partial charge in [0.2, 0.25) is 0 Å². The van der Waals surface area contributed by atoms with Gasteiger partial charge in [-0.05, 0) is 39.3 Å². The summed E-state index contributed by atoms with van der Waals surface area (Å²) in [5.74, 6) is 0.278. The van der Waals surface area contributed by atoms with Gasteiger partial charge in [-0.15, -0.1) is 0 Å². The zero-order valence-electron chi connectivity index (χ0n) is 11.5. The van der Waals surface area contributed by atoms with E-state index in [1.807, 2.05) is 13.8 Å². The third-order valence-electron chi connectivity index (χ3n) is 3.64. The number of nitrogens with two attached hydrogens (primary N) is 1. The van der Waals surface area contributed by atoms with Crippen LogP contribution in [0.3, 0.4) is 0 Å². The fourth-order valence-corrected chi connectivity index (χ4v) is 2.00. The van der Waals surface area contributed by atoms with Crippen LogP contribution in [0, 0.1) is 10.8 Å². The second kappa shape index (κ2) is 6.36. The summed E-state index contributed by atoms with van der Waals surface area (Å²) in [6, 6.07) is 0. The van der Waals surface area contributed by atoms with Crippen molar-refractivity contribution in [2.24, 2.45) is 11.1 Å². The van der Waals surface area contributed by atoms with E-state index < -0.39 is 0 Å². The number of likely N-dealkylation sites (N-methyl/N-ethyl adjacent to an activating group) is 1. The summed E-state index contributed by atoms with van der Waals surface area (Å²) in [5.41, 5.74) is 5.39. The van der Waals surface area contributed by atoms with Gasteiger partial charge < -0.3 is 15.4 Å². The van der Waals surface area contributed by atoms with Crippen molar-refractivity contribution >= 4 is 5.84 Å². The van der Waals surface area contributed by atoms with Gasteiger partial charge >= 0.3 is 0 Å². The summed E-state index contributed by atoms with van der Waals surface area (Å²) in [4.78, 5) is 2.29. The number of amidine groups is 1. The SMILES string of the molecule is CN(CCC(C)(C)C(=N)N)CC1CCCCO1. The van der Waals surface area contributed by atoms with Crippen molar-refractivity contribution in [2.75, 3.05) is 26.7 Å². The van der Waals surface area contributed by atoms with Crippen molar-refractivity contribution in [3.05, 3.63) is 0 Å². The van der Waals surface area contributed by atoms with Crippen molar-refractivity contribution < 1.29 is 4.74 Å². The third kappa shape index (κ3) is 5.04. The molecule has 100 valence electrons. The van der Waals surface area contributed by atoms with Crippen LogP contribution in [0.15, 0.2) is 0 Å². The van der Waals surface area contributed by atoms with Crippen molar-refractivity contribution in [1.29, 1.82) is 5.41 Å². The van der Waals surface area contributed by atoms with E-state index in [1.165, 1.54) is 19.3 Å². The lowest BCUT2D eigenvalue weighted by atomic mass is 9.88. The van der Waals surface area contributed by atoms with Crippen molar-refractivity contribution in [3.8, 4) is 0 Å². The number of nitrogens with one attached hydrogen (secondary N) is 1. The zero-order valence-corrected chi connectivity index (χ0v) is 11.5. The first-order valence-corrected chi connectivity index (χ1v) is 6.56. The molecule has 1 rings (SSSR count). The Balaban J connectivity index is 2.24. The molecule has 0 spiro atoms. The highest BCUT2D eigenvalue weighted by Crippen LogP contribution is 2.20. The highest BCUT2D eigenvalue weighted by Gasteiger charge is 2.23. The van der Waals surface area contributed by atoms with Crippen LogP contribution < -0.4 is 5.73 Å². The molecule has 0 aromatic rings.